The lowest BCUT2D eigenvalue weighted by Gasteiger charge is -2.35. The molecule has 41 heavy (non-hydrogen) atoms. The maximum absolute atomic E-state index is 13.9. The van der Waals surface area contributed by atoms with Gasteiger partial charge >= 0.3 is 0 Å². The second-order valence-electron chi connectivity index (χ2n) is 10.9. The Morgan fingerprint density at radius 3 is 2.29 bits per heavy atom. The summed E-state index contributed by atoms with van der Waals surface area (Å²) in [4.78, 5) is 31.4. The summed E-state index contributed by atoms with van der Waals surface area (Å²) < 4.78 is 16.4. The van der Waals surface area contributed by atoms with E-state index in [2.05, 4.69) is 19.1 Å². The summed E-state index contributed by atoms with van der Waals surface area (Å²) in [7, 11) is 3.23. The first-order valence-electron chi connectivity index (χ1n) is 14.9. The van der Waals surface area contributed by atoms with Crippen LogP contribution in [-0.2, 0) is 24.2 Å². The molecule has 1 aliphatic carbocycles. The third-order valence-electron chi connectivity index (χ3n) is 8.00. The lowest BCUT2D eigenvalue weighted by atomic mass is 9.93. The van der Waals surface area contributed by atoms with Crippen molar-refractivity contribution in [2.24, 2.45) is 0 Å². The standard InChI is InChI=1S/C34H44N2O5/c1-4-5-10-26-14-17-28(18-15-26)34(38)36(29-11-7-6-8-12-29)25-33(37)35(24-30-13-9-22-41-30)21-20-27-16-19-31(39-2)32(23-27)40-3/h9,13-19,22-23,29H,4-8,10-12,20-21,24-25H2,1-3H3. The molecule has 1 saturated carbocycles. The zero-order valence-electron chi connectivity index (χ0n) is 24.8. The van der Waals surface area contributed by atoms with Crippen LogP contribution < -0.4 is 9.47 Å². The van der Waals surface area contributed by atoms with Crippen LogP contribution in [0.2, 0.25) is 0 Å². The number of ether oxygens (including phenoxy) is 2. The van der Waals surface area contributed by atoms with Gasteiger partial charge in [0.1, 0.15) is 12.3 Å². The Balaban J connectivity index is 1.52. The van der Waals surface area contributed by atoms with Crippen LogP contribution in [-0.4, -0.2) is 55.0 Å². The smallest absolute Gasteiger partial charge is 0.254 e. The zero-order chi connectivity index (χ0) is 29.0. The predicted octanol–water partition coefficient (Wildman–Crippen LogP) is 6.69. The Bertz CT molecular complexity index is 1230. The molecule has 7 heteroatoms. The maximum atomic E-state index is 13.9. The Kier molecular flexibility index (Phi) is 11.3. The van der Waals surface area contributed by atoms with Gasteiger partial charge in [0.2, 0.25) is 5.91 Å². The van der Waals surface area contributed by atoms with Crippen molar-refractivity contribution < 1.29 is 23.5 Å². The number of carbonyl (C=O) groups excluding carboxylic acids is 2. The van der Waals surface area contributed by atoms with Crippen molar-refractivity contribution in [2.45, 2.75) is 77.3 Å². The number of hydrogen-bond donors (Lipinski definition) is 0. The number of hydrogen-bond acceptors (Lipinski definition) is 5. The molecule has 0 radical (unpaired) electrons. The molecule has 3 aromatic rings. The normalized spacial score (nSPS) is 13.5. The van der Waals surface area contributed by atoms with Crippen LogP contribution in [0.15, 0.2) is 65.3 Å². The number of rotatable bonds is 14. The second-order valence-corrected chi connectivity index (χ2v) is 10.9. The second kappa shape index (κ2) is 15.3. The van der Waals surface area contributed by atoms with E-state index in [1.54, 1.807) is 25.4 Å². The van der Waals surface area contributed by atoms with Gasteiger partial charge in [-0.15, -0.1) is 0 Å². The highest BCUT2D eigenvalue weighted by atomic mass is 16.5. The first-order valence-corrected chi connectivity index (χ1v) is 14.9. The molecule has 4 rings (SSSR count). The zero-order valence-corrected chi connectivity index (χ0v) is 24.8. The lowest BCUT2D eigenvalue weighted by molar-refractivity contribution is -0.133. The number of methoxy groups -OCH3 is 2. The predicted molar refractivity (Wildman–Crippen MR) is 160 cm³/mol. The van der Waals surface area contributed by atoms with Crippen molar-refractivity contribution in [3.8, 4) is 11.5 Å². The number of amides is 2. The van der Waals surface area contributed by atoms with Gasteiger partial charge < -0.3 is 23.7 Å². The molecule has 0 unspecified atom stereocenters. The fraction of sp³-hybridized carbons (Fsp3) is 0.471. The third-order valence-corrected chi connectivity index (χ3v) is 8.00. The highest BCUT2D eigenvalue weighted by molar-refractivity contribution is 5.96. The third kappa shape index (κ3) is 8.38. The lowest BCUT2D eigenvalue weighted by Crippen LogP contribution is -2.48. The number of carbonyl (C=O) groups is 2. The van der Waals surface area contributed by atoms with Crippen molar-refractivity contribution in [3.05, 3.63) is 83.3 Å². The summed E-state index contributed by atoms with van der Waals surface area (Å²) in [5.41, 5.74) is 2.92. The van der Waals surface area contributed by atoms with Crippen LogP contribution >= 0.6 is 0 Å². The van der Waals surface area contributed by atoms with Crippen LogP contribution in [0.5, 0.6) is 11.5 Å². The minimum absolute atomic E-state index is 0.0493. The van der Waals surface area contributed by atoms with Gasteiger partial charge in [-0.3, -0.25) is 9.59 Å². The molecular formula is C34H44N2O5. The topological polar surface area (TPSA) is 72.2 Å². The SMILES string of the molecule is CCCCc1ccc(C(=O)N(CC(=O)N(CCc2ccc(OC)c(OC)c2)Cc2ccco2)C2CCCCC2)cc1. The summed E-state index contributed by atoms with van der Waals surface area (Å²) in [6, 6.07) is 17.5. The highest BCUT2D eigenvalue weighted by Crippen LogP contribution is 2.28. The van der Waals surface area contributed by atoms with Crippen LogP contribution in [0.4, 0.5) is 0 Å². The number of furan rings is 1. The van der Waals surface area contributed by atoms with Crippen molar-refractivity contribution in [1.82, 2.24) is 9.80 Å². The summed E-state index contributed by atoms with van der Waals surface area (Å²) in [5.74, 6) is 1.89. The molecule has 0 aliphatic heterocycles. The van der Waals surface area contributed by atoms with Gasteiger partial charge in [0, 0.05) is 18.2 Å². The average Bonchev–Trinajstić information content (AvgIpc) is 3.54. The first-order chi connectivity index (χ1) is 20.0. The Morgan fingerprint density at radius 1 is 0.902 bits per heavy atom. The van der Waals surface area contributed by atoms with Crippen LogP contribution in [0, 0.1) is 0 Å². The molecule has 1 aliphatic rings. The Labute approximate surface area is 244 Å². The Hall–Kier alpha value is -3.74. The van der Waals surface area contributed by atoms with Crippen molar-refractivity contribution in [3.63, 3.8) is 0 Å². The Morgan fingerprint density at radius 2 is 1.63 bits per heavy atom. The number of aryl methyl sites for hydroxylation is 1. The van der Waals surface area contributed by atoms with Crippen molar-refractivity contribution in [1.29, 1.82) is 0 Å². The van der Waals surface area contributed by atoms with E-state index < -0.39 is 0 Å². The van der Waals surface area contributed by atoms with E-state index in [0.717, 1.165) is 50.5 Å². The summed E-state index contributed by atoms with van der Waals surface area (Å²) in [6.45, 7) is 3.06. The average molecular weight is 561 g/mol. The van der Waals surface area contributed by atoms with Crippen LogP contribution in [0.25, 0.3) is 0 Å². The molecule has 2 amide bonds. The summed E-state index contributed by atoms with van der Waals surface area (Å²) >= 11 is 0. The fourth-order valence-electron chi connectivity index (χ4n) is 5.55. The molecule has 7 nitrogen and oxygen atoms in total. The molecule has 2 aromatic carbocycles. The van der Waals surface area contributed by atoms with Crippen molar-refractivity contribution in [2.75, 3.05) is 27.3 Å². The fourth-order valence-corrected chi connectivity index (χ4v) is 5.55. The van der Waals surface area contributed by atoms with E-state index in [-0.39, 0.29) is 24.4 Å². The number of unbranched alkanes of at least 4 members (excludes halogenated alkanes) is 1. The van der Waals surface area contributed by atoms with Crippen molar-refractivity contribution >= 4 is 11.8 Å². The number of nitrogens with zero attached hydrogens (tertiary/aromatic N) is 2. The van der Waals surface area contributed by atoms with E-state index in [1.165, 1.54) is 12.0 Å². The number of benzene rings is 2. The monoisotopic (exact) mass is 560 g/mol. The molecule has 1 heterocycles. The van der Waals surface area contributed by atoms with E-state index in [0.29, 0.717) is 42.3 Å². The van der Waals surface area contributed by atoms with Gasteiger partial charge in [-0.1, -0.05) is 50.8 Å². The van der Waals surface area contributed by atoms with E-state index >= 15 is 0 Å². The van der Waals surface area contributed by atoms with Gasteiger partial charge in [-0.25, -0.2) is 0 Å². The molecule has 1 fully saturated rings. The summed E-state index contributed by atoms with van der Waals surface area (Å²) in [6.07, 6.45) is 10.7. The maximum Gasteiger partial charge on any atom is 0.254 e. The van der Waals surface area contributed by atoms with Gasteiger partial charge in [-0.05, 0) is 79.6 Å². The minimum Gasteiger partial charge on any atom is -0.493 e. The van der Waals surface area contributed by atoms with Gasteiger partial charge in [0.05, 0.1) is 27.0 Å². The van der Waals surface area contributed by atoms with Gasteiger partial charge in [-0.2, -0.15) is 0 Å². The minimum atomic E-state index is -0.0830. The van der Waals surface area contributed by atoms with Gasteiger partial charge in [0.25, 0.3) is 5.91 Å². The molecule has 0 atom stereocenters. The van der Waals surface area contributed by atoms with Crippen LogP contribution in [0.1, 0.15) is 79.1 Å². The molecule has 220 valence electrons. The molecular weight excluding hydrogens is 516 g/mol. The first kappa shape index (κ1) is 30.2. The van der Waals surface area contributed by atoms with E-state index in [1.807, 2.05) is 47.4 Å². The van der Waals surface area contributed by atoms with E-state index in [4.69, 9.17) is 13.9 Å². The van der Waals surface area contributed by atoms with Crippen LogP contribution in [0.3, 0.4) is 0 Å². The molecule has 0 spiro atoms. The van der Waals surface area contributed by atoms with E-state index in [9.17, 15) is 9.59 Å². The molecule has 0 bridgehead atoms. The molecule has 0 saturated heterocycles. The molecule has 1 aromatic heterocycles. The summed E-state index contributed by atoms with van der Waals surface area (Å²) in [5, 5.41) is 0. The largest absolute Gasteiger partial charge is 0.493 e. The highest BCUT2D eigenvalue weighted by Gasteiger charge is 2.30. The molecule has 0 N–H and O–H groups in total. The van der Waals surface area contributed by atoms with Gasteiger partial charge in [0.15, 0.2) is 11.5 Å². The quantitative estimate of drug-likeness (QED) is 0.220.